The molecule has 1 saturated carbocycles. The number of carbonyl (C=O) groups is 1. The molecule has 2 aromatic carbocycles. The van der Waals surface area contributed by atoms with Crippen molar-refractivity contribution in [1.82, 2.24) is 15.0 Å². The highest BCUT2D eigenvalue weighted by Crippen LogP contribution is 2.37. The molecule has 7 nitrogen and oxygen atoms in total. The lowest BCUT2D eigenvalue weighted by Crippen LogP contribution is -2.40. The van der Waals surface area contributed by atoms with Crippen molar-refractivity contribution in [3.63, 3.8) is 0 Å². The van der Waals surface area contributed by atoms with E-state index >= 15 is 0 Å². The molecule has 8 heteroatoms. The fourth-order valence-corrected chi connectivity index (χ4v) is 7.06. The van der Waals surface area contributed by atoms with Gasteiger partial charge in [-0.3, -0.25) is 4.79 Å². The lowest BCUT2D eigenvalue weighted by molar-refractivity contribution is 0.0678. The van der Waals surface area contributed by atoms with Crippen LogP contribution in [0.1, 0.15) is 83.1 Å². The summed E-state index contributed by atoms with van der Waals surface area (Å²) in [6.07, 6.45) is 6.65. The van der Waals surface area contributed by atoms with Crippen molar-refractivity contribution in [3.05, 3.63) is 48.0 Å². The zero-order valence-corrected chi connectivity index (χ0v) is 24.0. The molecular formula is C30H41N3O4S. The molecule has 4 rings (SSSR count). The zero-order chi connectivity index (χ0) is 27.7. The van der Waals surface area contributed by atoms with E-state index in [2.05, 4.69) is 20.9 Å². The summed E-state index contributed by atoms with van der Waals surface area (Å²) in [6.45, 7) is 9.23. The van der Waals surface area contributed by atoms with E-state index in [0.717, 1.165) is 41.3 Å². The van der Waals surface area contributed by atoms with Crippen LogP contribution < -0.4 is 10.0 Å². The topological polar surface area (TPSA) is 104 Å². The number of fused-ring (bicyclic) bond motifs is 1. The summed E-state index contributed by atoms with van der Waals surface area (Å²) in [7, 11) is -2.79. The fourth-order valence-electron chi connectivity index (χ4n) is 5.14. The van der Waals surface area contributed by atoms with Gasteiger partial charge in [0, 0.05) is 17.6 Å². The van der Waals surface area contributed by atoms with Gasteiger partial charge in [-0.05, 0) is 75.7 Å². The Morgan fingerprint density at radius 1 is 1.08 bits per heavy atom. The minimum absolute atomic E-state index is 0.0152. The number of nitrogens with one attached hydrogen (secondary N) is 2. The molecular weight excluding hydrogens is 498 g/mol. The first kappa shape index (κ1) is 28.3. The largest absolute Gasteiger partial charge is 0.432 e. The minimum Gasteiger partial charge on any atom is -0.432 e. The van der Waals surface area contributed by atoms with E-state index in [0.29, 0.717) is 16.6 Å². The van der Waals surface area contributed by atoms with E-state index in [-0.39, 0.29) is 18.0 Å². The third-order valence-electron chi connectivity index (χ3n) is 6.73. The maximum Gasteiger partial charge on any atom is 0.307 e. The standard InChI is InChI=1S/C30H41N3O4S/c1-29(2,3)33-38(6,36)25-17-16-23(21-14-10-11-15-22(21)25)26-24(18-20-12-8-7-9-13-20)32-28(37-26)27(34)31-19-30(4,5)35/h10-11,14-17,20,35H,6-9,12-13,18-19H2,1-5H3,(H,31,34)(H,33,36). The molecule has 38 heavy (non-hydrogen) atoms. The molecule has 206 valence electrons. The Hall–Kier alpha value is -2.68. The Balaban J connectivity index is 1.81. The first-order valence-electron chi connectivity index (χ1n) is 13.4. The SMILES string of the molecule is C=S(=O)(NC(C)(C)C)c1ccc(-c2oc(C(=O)NCC(C)(C)O)nc2CC2CCCCC2)c2ccccc12. The Morgan fingerprint density at radius 2 is 1.74 bits per heavy atom. The quantitative estimate of drug-likeness (QED) is 0.328. The van der Waals surface area contributed by atoms with Crippen LogP contribution in [0.2, 0.25) is 0 Å². The maximum atomic E-state index is 13.7. The van der Waals surface area contributed by atoms with E-state index in [1.807, 2.05) is 57.2 Å². The summed E-state index contributed by atoms with van der Waals surface area (Å²) in [5, 5.41) is 14.4. The second kappa shape index (κ2) is 10.8. The van der Waals surface area contributed by atoms with Gasteiger partial charge in [0.1, 0.15) is 0 Å². The molecule has 1 fully saturated rings. The molecule has 1 heterocycles. The molecule has 0 saturated heterocycles. The average molecular weight is 540 g/mol. The Bertz CT molecular complexity index is 1410. The highest BCUT2D eigenvalue weighted by molar-refractivity contribution is 7.98. The molecule has 1 aliphatic rings. The average Bonchev–Trinajstić information content (AvgIpc) is 3.24. The number of nitrogens with zero attached hydrogens (tertiary/aromatic N) is 1. The predicted octanol–water partition coefficient (Wildman–Crippen LogP) is 5.50. The Morgan fingerprint density at radius 3 is 2.37 bits per heavy atom. The minimum atomic E-state index is -2.79. The summed E-state index contributed by atoms with van der Waals surface area (Å²) < 4.78 is 23.1. The first-order valence-corrected chi connectivity index (χ1v) is 15.1. The van der Waals surface area contributed by atoms with E-state index in [1.165, 1.54) is 19.3 Å². The van der Waals surface area contributed by atoms with Gasteiger partial charge in [-0.25, -0.2) is 13.9 Å². The molecule has 0 spiro atoms. The Kier molecular flexibility index (Phi) is 8.07. The molecule has 0 radical (unpaired) electrons. The number of hydrogen-bond donors (Lipinski definition) is 3. The highest BCUT2D eigenvalue weighted by atomic mass is 32.2. The lowest BCUT2D eigenvalue weighted by atomic mass is 9.85. The van der Waals surface area contributed by atoms with Gasteiger partial charge in [0.05, 0.1) is 25.9 Å². The number of benzene rings is 2. The van der Waals surface area contributed by atoms with Crippen molar-refractivity contribution in [2.45, 2.75) is 89.2 Å². The number of oxazole rings is 1. The maximum absolute atomic E-state index is 13.7. The molecule has 1 atom stereocenters. The summed E-state index contributed by atoms with van der Waals surface area (Å²) in [5.41, 5.74) is 0.119. The van der Waals surface area contributed by atoms with Crippen molar-refractivity contribution >= 4 is 32.3 Å². The number of aromatic nitrogens is 1. The summed E-state index contributed by atoms with van der Waals surface area (Å²) in [6, 6.07) is 11.5. The summed E-state index contributed by atoms with van der Waals surface area (Å²) >= 11 is 0. The normalized spacial score (nSPS) is 16.9. The van der Waals surface area contributed by atoms with Crippen molar-refractivity contribution in [2.75, 3.05) is 6.54 Å². The van der Waals surface area contributed by atoms with E-state index in [1.54, 1.807) is 13.8 Å². The number of rotatable bonds is 8. The molecule has 3 N–H and O–H groups in total. The monoisotopic (exact) mass is 539 g/mol. The molecule has 0 bridgehead atoms. The van der Waals surface area contributed by atoms with Gasteiger partial charge in [-0.1, -0.05) is 56.4 Å². The van der Waals surface area contributed by atoms with Crippen LogP contribution in [0.25, 0.3) is 22.1 Å². The van der Waals surface area contributed by atoms with E-state index in [4.69, 9.17) is 4.42 Å². The van der Waals surface area contributed by atoms with Gasteiger partial charge in [-0.15, -0.1) is 0 Å². The van der Waals surface area contributed by atoms with Crippen LogP contribution >= 0.6 is 0 Å². The van der Waals surface area contributed by atoms with Crippen LogP contribution in [0, 0.1) is 5.92 Å². The smallest absolute Gasteiger partial charge is 0.307 e. The fraction of sp³-hybridized carbons (Fsp3) is 0.500. The number of amides is 1. The van der Waals surface area contributed by atoms with Gasteiger partial charge in [0.25, 0.3) is 5.89 Å². The summed E-state index contributed by atoms with van der Waals surface area (Å²) in [5.74, 6) is 4.62. The summed E-state index contributed by atoms with van der Waals surface area (Å²) in [4.78, 5) is 18.2. The third kappa shape index (κ3) is 6.84. The number of carbonyl (C=O) groups excluding carboxylic acids is 1. The van der Waals surface area contributed by atoms with Crippen LogP contribution in [0.15, 0.2) is 45.7 Å². The van der Waals surface area contributed by atoms with Gasteiger partial charge in [-0.2, -0.15) is 0 Å². The second-order valence-electron chi connectivity index (χ2n) is 12.2. The van der Waals surface area contributed by atoms with Gasteiger partial charge < -0.3 is 14.8 Å². The second-order valence-corrected chi connectivity index (χ2v) is 14.2. The van der Waals surface area contributed by atoms with Crippen LogP contribution in [-0.2, 0) is 16.1 Å². The van der Waals surface area contributed by atoms with Crippen LogP contribution in [0.5, 0.6) is 0 Å². The van der Waals surface area contributed by atoms with Gasteiger partial charge in [0.2, 0.25) is 0 Å². The van der Waals surface area contributed by atoms with Crippen LogP contribution in [-0.4, -0.2) is 43.8 Å². The number of hydrogen-bond acceptors (Lipinski definition) is 5. The molecule has 1 amide bonds. The van der Waals surface area contributed by atoms with Crippen LogP contribution in [0.3, 0.4) is 0 Å². The molecule has 1 aromatic heterocycles. The highest BCUT2D eigenvalue weighted by Gasteiger charge is 2.27. The molecule has 3 aromatic rings. The van der Waals surface area contributed by atoms with E-state index < -0.39 is 21.2 Å². The third-order valence-corrected chi connectivity index (χ3v) is 8.74. The van der Waals surface area contributed by atoms with Crippen LogP contribution in [0.4, 0.5) is 0 Å². The van der Waals surface area contributed by atoms with Crippen molar-refractivity contribution in [3.8, 4) is 11.3 Å². The first-order chi connectivity index (χ1) is 17.7. The molecule has 1 unspecified atom stereocenters. The molecule has 1 aliphatic carbocycles. The van der Waals surface area contributed by atoms with Gasteiger partial charge in [0.15, 0.2) is 5.76 Å². The van der Waals surface area contributed by atoms with Crippen molar-refractivity contribution < 1.29 is 18.5 Å². The van der Waals surface area contributed by atoms with Crippen molar-refractivity contribution in [2.24, 2.45) is 5.92 Å². The Labute approximate surface area is 226 Å². The molecule has 0 aliphatic heterocycles. The van der Waals surface area contributed by atoms with Crippen molar-refractivity contribution in [1.29, 1.82) is 0 Å². The predicted molar refractivity (Wildman–Crippen MR) is 155 cm³/mol. The van der Waals surface area contributed by atoms with E-state index in [9.17, 15) is 14.1 Å². The van der Waals surface area contributed by atoms with Gasteiger partial charge >= 0.3 is 5.91 Å². The number of aliphatic hydroxyl groups is 1. The zero-order valence-electron chi connectivity index (χ0n) is 23.2. The lowest BCUT2D eigenvalue weighted by Gasteiger charge is -2.25.